The Morgan fingerprint density at radius 3 is 2.84 bits per heavy atom. The minimum absolute atomic E-state index is 0.0213. The average molecular weight is 264 g/mol. The van der Waals surface area contributed by atoms with Gasteiger partial charge in [0, 0.05) is 19.2 Å². The quantitative estimate of drug-likeness (QED) is 0.909. The monoisotopic (exact) mass is 264 g/mol. The molecule has 19 heavy (non-hydrogen) atoms. The minimum Gasteiger partial charge on any atom is -0.339 e. The van der Waals surface area contributed by atoms with Crippen molar-refractivity contribution >= 4 is 5.91 Å². The molecule has 0 bridgehead atoms. The summed E-state index contributed by atoms with van der Waals surface area (Å²) in [6.07, 6.45) is 1.94. The molecule has 1 aromatic rings. The molecule has 2 rings (SSSR count). The normalized spacial score (nSPS) is 20.9. The van der Waals surface area contributed by atoms with Crippen LogP contribution in [-0.4, -0.2) is 30.9 Å². The molecule has 1 amide bonds. The van der Waals surface area contributed by atoms with E-state index in [4.69, 9.17) is 0 Å². The zero-order valence-electron chi connectivity index (χ0n) is 11.5. The summed E-state index contributed by atoms with van der Waals surface area (Å²) < 4.78 is 13.8. The molecule has 1 fully saturated rings. The summed E-state index contributed by atoms with van der Waals surface area (Å²) in [5.74, 6) is -0.132. The van der Waals surface area contributed by atoms with Crippen molar-refractivity contribution in [1.29, 1.82) is 0 Å². The highest BCUT2D eigenvalue weighted by atomic mass is 19.1. The molecule has 1 aromatic carbocycles. The van der Waals surface area contributed by atoms with Crippen LogP contribution in [0.1, 0.15) is 31.4 Å². The van der Waals surface area contributed by atoms with Crippen molar-refractivity contribution in [3.8, 4) is 0 Å². The van der Waals surface area contributed by atoms with Crippen LogP contribution >= 0.6 is 0 Å². The second kappa shape index (κ2) is 6.15. The first-order chi connectivity index (χ1) is 9.11. The number of nitrogens with zero attached hydrogens (tertiary/aromatic N) is 1. The van der Waals surface area contributed by atoms with Crippen molar-refractivity contribution in [1.82, 2.24) is 10.2 Å². The van der Waals surface area contributed by atoms with Crippen molar-refractivity contribution in [2.24, 2.45) is 5.92 Å². The van der Waals surface area contributed by atoms with E-state index in [0.29, 0.717) is 5.56 Å². The number of benzene rings is 1. The lowest BCUT2D eigenvalue weighted by molar-refractivity contribution is -0.136. The van der Waals surface area contributed by atoms with Crippen LogP contribution in [0.15, 0.2) is 24.3 Å². The number of piperidine rings is 1. The zero-order valence-corrected chi connectivity index (χ0v) is 11.5. The predicted octanol–water partition coefficient (Wildman–Crippen LogP) is 2.34. The third-order valence-corrected chi connectivity index (χ3v) is 3.93. The van der Waals surface area contributed by atoms with E-state index in [1.807, 2.05) is 6.92 Å². The molecule has 104 valence electrons. The van der Waals surface area contributed by atoms with Crippen molar-refractivity contribution in [2.75, 3.05) is 20.1 Å². The molecule has 1 N–H and O–H groups in total. The van der Waals surface area contributed by atoms with E-state index in [9.17, 15) is 9.18 Å². The second-order valence-electron chi connectivity index (χ2n) is 5.19. The van der Waals surface area contributed by atoms with E-state index in [1.54, 1.807) is 30.1 Å². The van der Waals surface area contributed by atoms with Crippen molar-refractivity contribution < 1.29 is 9.18 Å². The largest absolute Gasteiger partial charge is 0.339 e. The second-order valence-corrected chi connectivity index (χ2v) is 5.19. The first-order valence-corrected chi connectivity index (χ1v) is 6.83. The molecule has 0 radical (unpaired) electrons. The summed E-state index contributed by atoms with van der Waals surface area (Å²) in [7, 11) is 1.76. The summed E-state index contributed by atoms with van der Waals surface area (Å²) in [6, 6.07) is 6.40. The van der Waals surface area contributed by atoms with Gasteiger partial charge in [0.05, 0.1) is 12.0 Å². The van der Waals surface area contributed by atoms with Gasteiger partial charge in [0.2, 0.25) is 5.91 Å². The summed E-state index contributed by atoms with van der Waals surface area (Å²) >= 11 is 0. The van der Waals surface area contributed by atoms with E-state index >= 15 is 0 Å². The van der Waals surface area contributed by atoms with Gasteiger partial charge in [-0.05, 0) is 32.4 Å². The van der Waals surface area contributed by atoms with Crippen LogP contribution in [-0.2, 0) is 4.79 Å². The molecule has 4 heteroatoms. The fourth-order valence-corrected chi connectivity index (χ4v) is 2.56. The van der Waals surface area contributed by atoms with Crippen LogP contribution in [0, 0.1) is 11.7 Å². The third kappa shape index (κ3) is 3.13. The number of rotatable bonds is 3. The minimum atomic E-state index is -0.253. The summed E-state index contributed by atoms with van der Waals surface area (Å²) in [5, 5.41) is 3.24. The average Bonchev–Trinajstić information content (AvgIpc) is 2.46. The smallest absolute Gasteiger partial charge is 0.227 e. The highest BCUT2D eigenvalue weighted by molar-refractivity contribution is 5.79. The van der Waals surface area contributed by atoms with Crippen LogP contribution in [0.5, 0.6) is 0 Å². The molecule has 1 saturated heterocycles. The van der Waals surface area contributed by atoms with Crippen LogP contribution in [0.2, 0.25) is 0 Å². The van der Waals surface area contributed by atoms with Gasteiger partial charge >= 0.3 is 0 Å². The number of halogens is 1. The molecule has 1 heterocycles. The molecule has 3 nitrogen and oxygen atoms in total. The maximum Gasteiger partial charge on any atom is 0.227 e. The predicted molar refractivity (Wildman–Crippen MR) is 73.2 cm³/mol. The van der Waals surface area contributed by atoms with Crippen LogP contribution < -0.4 is 5.32 Å². The lowest BCUT2D eigenvalue weighted by Gasteiger charge is -2.31. The van der Waals surface area contributed by atoms with Gasteiger partial charge in [0.15, 0.2) is 0 Å². The number of hydrogen-bond donors (Lipinski definition) is 1. The molecule has 1 aliphatic rings. The molecular formula is C15H21FN2O. The Balaban J connectivity index is 2.08. The van der Waals surface area contributed by atoms with E-state index in [0.717, 1.165) is 25.9 Å². The molecule has 1 aliphatic heterocycles. The molecule has 0 aliphatic carbocycles. The van der Waals surface area contributed by atoms with Crippen LogP contribution in [0.3, 0.4) is 0 Å². The SMILES string of the molecule is CC(c1ccccc1F)N(C)C(=O)C1CCCNC1. The molecule has 2 atom stereocenters. The van der Waals surface area contributed by atoms with Gasteiger partial charge in [-0.1, -0.05) is 18.2 Å². The third-order valence-electron chi connectivity index (χ3n) is 3.93. The fourth-order valence-electron chi connectivity index (χ4n) is 2.56. The summed E-state index contributed by atoms with van der Waals surface area (Å²) in [5.41, 5.74) is 0.571. The lowest BCUT2D eigenvalue weighted by Crippen LogP contribution is -2.42. The van der Waals surface area contributed by atoms with Gasteiger partial charge in [0.25, 0.3) is 0 Å². The van der Waals surface area contributed by atoms with Gasteiger partial charge in [-0.25, -0.2) is 4.39 Å². The Bertz CT molecular complexity index is 444. The number of nitrogens with one attached hydrogen (secondary N) is 1. The molecule has 2 unspecified atom stereocenters. The topological polar surface area (TPSA) is 32.3 Å². The number of amides is 1. The Hall–Kier alpha value is -1.42. The first-order valence-electron chi connectivity index (χ1n) is 6.83. The van der Waals surface area contributed by atoms with E-state index in [2.05, 4.69) is 5.32 Å². The molecule has 0 aromatic heterocycles. The maximum atomic E-state index is 13.8. The Labute approximate surface area is 113 Å². The van der Waals surface area contributed by atoms with E-state index in [-0.39, 0.29) is 23.7 Å². The van der Waals surface area contributed by atoms with Crippen LogP contribution in [0.25, 0.3) is 0 Å². The lowest BCUT2D eigenvalue weighted by atomic mass is 9.97. The zero-order chi connectivity index (χ0) is 13.8. The van der Waals surface area contributed by atoms with Gasteiger partial charge < -0.3 is 10.2 Å². The van der Waals surface area contributed by atoms with Crippen LogP contribution in [0.4, 0.5) is 4.39 Å². The van der Waals surface area contributed by atoms with Crippen molar-refractivity contribution in [3.63, 3.8) is 0 Å². The molecular weight excluding hydrogens is 243 g/mol. The van der Waals surface area contributed by atoms with Gasteiger partial charge in [0.1, 0.15) is 5.82 Å². The molecule has 0 spiro atoms. The van der Waals surface area contributed by atoms with Crippen molar-refractivity contribution in [3.05, 3.63) is 35.6 Å². The maximum absolute atomic E-state index is 13.8. The molecule has 0 saturated carbocycles. The van der Waals surface area contributed by atoms with Crippen molar-refractivity contribution in [2.45, 2.75) is 25.8 Å². The van der Waals surface area contributed by atoms with Gasteiger partial charge in [-0.2, -0.15) is 0 Å². The Kier molecular flexibility index (Phi) is 4.53. The number of carbonyl (C=O) groups is 1. The number of hydrogen-bond acceptors (Lipinski definition) is 2. The van der Waals surface area contributed by atoms with E-state index < -0.39 is 0 Å². The fraction of sp³-hybridized carbons (Fsp3) is 0.533. The highest BCUT2D eigenvalue weighted by Gasteiger charge is 2.27. The Morgan fingerprint density at radius 1 is 1.47 bits per heavy atom. The standard InChI is InChI=1S/C15H21FN2O/c1-11(13-7-3-4-8-14(13)16)18(2)15(19)12-6-5-9-17-10-12/h3-4,7-8,11-12,17H,5-6,9-10H2,1-2H3. The Morgan fingerprint density at radius 2 is 2.21 bits per heavy atom. The summed E-state index contributed by atoms with van der Waals surface area (Å²) in [6.45, 7) is 3.58. The van der Waals surface area contributed by atoms with Gasteiger partial charge in [-0.15, -0.1) is 0 Å². The van der Waals surface area contributed by atoms with Gasteiger partial charge in [-0.3, -0.25) is 4.79 Å². The first kappa shape index (κ1) is 14.0. The highest BCUT2D eigenvalue weighted by Crippen LogP contribution is 2.24. The van der Waals surface area contributed by atoms with E-state index in [1.165, 1.54) is 6.07 Å². The summed E-state index contributed by atoms with van der Waals surface area (Å²) in [4.78, 5) is 14.1. The number of carbonyl (C=O) groups excluding carboxylic acids is 1.